The number of nitrogens with two attached hydrogens (primary N) is 1. The number of esters is 1. The van der Waals surface area contributed by atoms with Crippen LogP contribution in [0.15, 0.2) is 12.2 Å². The average molecular weight is 274 g/mol. The molecule has 0 radical (unpaired) electrons. The zero-order valence-electron chi connectivity index (χ0n) is 11.4. The Hall–Kier alpha value is -1.44. The van der Waals surface area contributed by atoms with Crippen LogP contribution in [0.3, 0.4) is 0 Å². The van der Waals surface area contributed by atoms with Gasteiger partial charge in [-0.25, -0.2) is 4.79 Å². The molecule has 0 bridgehead atoms. The van der Waals surface area contributed by atoms with Crippen molar-refractivity contribution in [1.29, 1.82) is 0 Å². The highest BCUT2D eigenvalue weighted by Gasteiger charge is 2.07. The minimum absolute atomic E-state index is 0.362. The van der Waals surface area contributed by atoms with Crippen molar-refractivity contribution in [3.63, 3.8) is 0 Å². The number of rotatable bonds is 10. The summed E-state index contributed by atoms with van der Waals surface area (Å²) in [5.74, 6) is -1.02. The summed E-state index contributed by atoms with van der Waals surface area (Å²) in [6, 6.07) is 0. The number of carbonyl (C=O) groups excluding carboxylic acids is 2. The first-order valence-electron chi connectivity index (χ1n) is 6.00. The van der Waals surface area contributed by atoms with Gasteiger partial charge in [-0.15, -0.1) is 0 Å². The topological polar surface area (TPSA) is 99.9 Å². The van der Waals surface area contributed by atoms with Crippen LogP contribution in [-0.2, 0) is 23.8 Å². The molecule has 7 heteroatoms. The minimum atomic E-state index is -0.734. The van der Waals surface area contributed by atoms with Crippen LogP contribution < -0.4 is 11.1 Å². The van der Waals surface area contributed by atoms with Gasteiger partial charge in [0.1, 0.15) is 0 Å². The molecule has 3 N–H and O–H groups in total. The van der Waals surface area contributed by atoms with Crippen molar-refractivity contribution in [3.05, 3.63) is 12.2 Å². The van der Waals surface area contributed by atoms with Crippen molar-refractivity contribution in [2.24, 2.45) is 5.73 Å². The van der Waals surface area contributed by atoms with E-state index in [0.29, 0.717) is 32.6 Å². The standard InChI is InChI=1S/C12H22N2O5/c1-17-8-3-7-14-11(15)4-5-12(16)19-10(13)6-9-18-2/h4-5,10H,3,6-9,13H2,1-2H3,(H,14,15)/b5-4-. The van der Waals surface area contributed by atoms with Crippen molar-refractivity contribution in [1.82, 2.24) is 5.32 Å². The molecule has 0 heterocycles. The molecule has 0 aliphatic carbocycles. The smallest absolute Gasteiger partial charge is 0.332 e. The lowest BCUT2D eigenvalue weighted by molar-refractivity contribution is -0.143. The Balaban J connectivity index is 3.78. The summed E-state index contributed by atoms with van der Waals surface area (Å²) in [5.41, 5.74) is 5.51. The van der Waals surface area contributed by atoms with E-state index in [1.165, 1.54) is 7.11 Å². The summed E-state index contributed by atoms with van der Waals surface area (Å²) in [6.45, 7) is 1.46. The molecule has 0 aliphatic rings. The van der Waals surface area contributed by atoms with Crippen LogP contribution in [-0.4, -0.2) is 52.1 Å². The van der Waals surface area contributed by atoms with E-state index in [1.54, 1.807) is 7.11 Å². The van der Waals surface area contributed by atoms with Gasteiger partial charge in [0.15, 0.2) is 6.23 Å². The molecule has 1 atom stereocenters. The third-order valence-electron chi connectivity index (χ3n) is 2.07. The summed E-state index contributed by atoms with van der Waals surface area (Å²) >= 11 is 0. The van der Waals surface area contributed by atoms with Gasteiger partial charge in [0.05, 0.1) is 6.61 Å². The number of methoxy groups -OCH3 is 2. The molecule has 19 heavy (non-hydrogen) atoms. The van der Waals surface area contributed by atoms with Gasteiger partial charge in [-0.2, -0.15) is 0 Å². The number of ether oxygens (including phenoxy) is 3. The first-order valence-corrected chi connectivity index (χ1v) is 6.00. The van der Waals surface area contributed by atoms with Gasteiger partial charge < -0.3 is 19.5 Å². The van der Waals surface area contributed by atoms with Gasteiger partial charge in [-0.1, -0.05) is 0 Å². The number of hydrogen-bond acceptors (Lipinski definition) is 6. The molecular formula is C12H22N2O5. The third kappa shape index (κ3) is 11.4. The Bertz CT molecular complexity index is 294. The first-order chi connectivity index (χ1) is 9.10. The number of carbonyl (C=O) groups is 2. The van der Waals surface area contributed by atoms with Crippen LogP contribution in [0.5, 0.6) is 0 Å². The second-order valence-electron chi connectivity index (χ2n) is 3.73. The fraction of sp³-hybridized carbons (Fsp3) is 0.667. The predicted molar refractivity (Wildman–Crippen MR) is 69.2 cm³/mol. The molecule has 0 saturated carbocycles. The van der Waals surface area contributed by atoms with Gasteiger partial charge in [-0.3, -0.25) is 10.5 Å². The maximum Gasteiger partial charge on any atom is 0.332 e. The van der Waals surface area contributed by atoms with E-state index in [9.17, 15) is 9.59 Å². The highest BCUT2D eigenvalue weighted by Crippen LogP contribution is 1.93. The lowest BCUT2D eigenvalue weighted by atomic mass is 10.4. The van der Waals surface area contributed by atoms with Crippen molar-refractivity contribution < 1.29 is 23.8 Å². The van der Waals surface area contributed by atoms with E-state index >= 15 is 0 Å². The fourth-order valence-corrected chi connectivity index (χ4v) is 1.11. The average Bonchev–Trinajstić information content (AvgIpc) is 2.39. The molecule has 0 rings (SSSR count). The summed E-state index contributed by atoms with van der Waals surface area (Å²) in [6.07, 6.45) is 2.53. The number of nitrogens with one attached hydrogen (secondary N) is 1. The fourth-order valence-electron chi connectivity index (χ4n) is 1.11. The van der Waals surface area contributed by atoms with Gasteiger partial charge in [0, 0.05) is 45.9 Å². The van der Waals surface area contributed by atoms with Crippen LogP contribution in [0.1, 0.15) is 12.8 Å². The highest BCUT2D eigenvalue weighted by molar-refractivity contribution is 5.94. The number of amides is 1. The van der Waals surface area contributed by atoms with E-state index in [0.717, 1.165) is 12.2 Å². The van der Waals surface area contributed by atoms with Crippen LogP contribution in [0.25, 0.3) is 0 Å². The molecule has 0 saturated heterocycles. The Morgan fingerprint density at radius 2 is 1.89 bits per heavy atom. The number of hydrogen-bond donors (Lipinski definition) is 2. The van der Waals surface area contributed by atoms with E-state index < -0.39 is 12.2 Å². The van der Waals surface area contributed by atoms with Crippen molar-refractivity contribution in [2.45, 2.75) is 19.1 Å². The normalized spacial score (nSPS) is 12.4. The zero-order chi connectivity index (χ0) is 14.5. The second kappa shape index (κ2) is 11.6. The Kier molecular flexibility index (Phi) is 10.8. The second-order valence-corrected chi connectivity index (χ2v) is 3.73. The minimum Gasteiger partial charge on any atom is -0.444 e. The lowest BCUT2D eigenvalue weighted by Crippen LogP contribution is -2.28. The molecule has 110 valence electrons. The summed E-state index contributed by atoms with van der Waals surface area (Å²) in [7, 11) is 3.12. The van der Waals surface area contributed by atoms with Crippen molar-refractivity contribution in [3.8, 4) is 0 Å². The molecule has 0 aromatic rings. The SMILES string of the molecule is COCCCNC(=O)/C=C\C(=O)OC(N)CCOC. The van der Waals surface area contributed by atoms with Crippen LogP contribution in [0.2, 0.25) is 0 Å². The highest BCUT2D eigenvalue weighted by atomic mass is 16.6. The van der Waals surface area contributed by atoms with Crippen LogP contribution in [0, 0.1) is 0 Å². The maximum absolute atomic E-state index is 11.3. The molecular weight excluding hydrogens is 252 g/mol. The molecule has 1 unspecified atom stereocenters. The predicted octanol–water partition coefficient (Wildman–Crippen LogP) is -0.440. The Morgan fingerprint density at radius 3 is 2.53 bits per heavy atom. The zero-order valence-corrected chi connectivity index (χ0v) is 11.4. The lowest BCUT2D eigenvalue weighted by Gasteiger charge is -2.10. The van der Waals surface area contributed by atoms with Gasteiger partial charge in [-0.05, 0) is 6.42 Å². The quantitative estimate of drug-likeness (QED) is 0.242. The first kappa shape index (κ1) is 17.6. The summed E-state index contributed by atoms with van der Waals surface area (Å²) in [5, 5.41) is 2.60. The van der Waals surface area contributed by atoms with Crippen LogP contribution >= 0.6 is 0 Å². The molecule has 0 aromatic heterocycles. The molecule has 7 nitrogen and oxygen atoms in total. The van der Waals surface area contributed by atoms with Gasteiger partial charge >= 0.3 is 5.97 Å². The Morgan fingerprint density at radius 1 is 1.21 bits per heavy atom. The van der Waals surface area contributed by atoms with Crippen molar-refractivity contribution in [2.75, 3.05) is 34.0 Å². The molecule has 0 fully saturated rings. The molecule has 0 aliphatic heterocycles. The van der Waals surface area contributed by atoms with E-state index in [1.807, 2.05) is 0 Å². The monoisotopic (exact) mass is 274 g/mol. The third-order valence-corrected chi connectivity index (χ3v) is 2.07. The van der Waals surface area contributed by atoms with Gasteiger partial charge in [0.2, 0.25) is 5.91 Å². The molecule has 0 aromatic carbocycles. The summed E-state index contributed by atoms with van der Waals surface area (Å²) < 4.78 is 14.4. The maximum atomic E-state index is 11.3. The Labute approximate surface area is 113 Å². The van der Waals surface area contributed by atoms with E-state index in [-0.39, 0.29) is 5.91 Å². The largest absolute Gasteiger partial charge is 0.444 e. The summed E-state index contributed by atoms with van der Waals surface area (Å²) in [4.78, 5) is 22.5. The van der Waals surface area contributed by atoms with Crippen LogP contribution in [0.4, 0.5) is 0 Å². The molecule has 1 amide bonds. The van der Waals surface area contributed by atoms with E-state index in [2.05, 4.69) is 5.32 Å². The molecule has 0 spiro atoms. The van der Waals surface area contributed by atoms with E-state index in [4.69, 9.17) is 19.9 Å². The van der Waals surface area contributed by atoms with Gasteiger partial charge in [0.25, 0.3) is 0 Å². The van der Waals surface area contributed by atoms with Crippen molar-refractivity contribution >= 4 is 11.9 Å².